The maximum atomic E-state index is 14.6. The minimum Gasteiger partial charge on any atom is -0.481 e. The largest absolute Gasteiger partial charge is 0.481 e. The standard InChI is InChI=1S/C23H26FN3O4/c1-14-13-27(7-5-18(14)23(28)29)22-20(25-12-17(26-22)4-3-8-30-2)16-10-15-6-9-31-21(15)19(24)11-16/h6,9-12,14,18H,3-5,7-8,13H2,1-2H3,(H,28,29). The summed E-state index contributed by atoms with van der Waals surface area (Å²) in [5.41, 5.74) is 2.24. The molecule has 3 heterocycles. The van der Waals surface area contributed by atoms with Crippen LogP contribution in [-0.4, -0.2) is 47.8 Å². The lowest BCUT2D eigenvalue weighted by molar-refractivity contribution is -0.144. The summed E-state index contributed by atoms with van der Waals surface area (Å²) in [6.07, 6.45) is 5.24. The second-order valence-corrected chi connectivity index (χ2v) is 8.08. The number of carboxylic acids is 1. The number of aryl methyl sites for hydroxylation is 1. The van der Waals surface area contributed by atoms with E-state index in [0.717, 1.165) is 12.1 Å². The van der Waals surface area contributed by atoms with E-state index < -0.39 is 11.8 Å². The average molecular weight is 427 g/mol. The molecule has 1 saturated heterocycles. The number of halogens is 1. The molecule has 0 bridgehead atoms. The number of carboxylic acid groups (broad SMARTS) is 1. The van der Waals surface area contributed by atoms with E-state index in [0.29, 0.717) is 55.0 Å². The van der Waals surface area contributed by atoms with Gasteiger partial charge in [0.1, 0.15) is 5.69 Å². The summed E-state index contributed by atoms with van der Waals surface area (Å²) < 4.78 is 24.9. The van der Waals surface area contributed by atoms with Gasteiger partial charge in [0.05, 0.1) is 17.9 Å². The highest BCUT2D eigenvalue weighted by Gasteiger charge is 2.33. The lowest BCUT2D eigenvalue weighted by Crippen LogP contribution is -2.42. The van der Waals surface area contributed by atoms with Gasteiger partial charge in [-0.25, -0.2) is 9.37 Å². The second kappa shape index (κ2) is 9.01. The molecule has 1 aliphatic heterocycles. The van der Waals surface area contributed by atoms with E-state index in [1.807, 2.05) is 13.0 Å². The van der Waals surface area contributed by atoms with E-state index in [4.69, 9.17) is 14.1 Å². The number of piperidine rings is 1. The third-order valence-electron chi connectivity index (χ3n) is 5.89. The lowest BCUT2D eigenvalue weighted by Gasteiger charge is -2.36. The van der Waals surface area contributed by atoms with Gasteiger partial charge in [-0.05, 0) is 43.4 Å². The molecular weight excluding hydrogens is 401 g/mol. The van der Waals surface area contributed by atoms with Crippen molar-refractivity contribution >= 4 is 22.8 Å². The zero-order valence-corrected chi connectivity index (χ0v) is 17.7. The van der Waals surface area contributed by atoms with E-state index in [9.17, 15) is 14.3 Å². The summed E-state index contributed by atoms with van der Waals surface area (Å²) in [5, 5.41) is 10.1. The molecule has 1 N–H and O–H groups in total. The maximum Gasteiger partial charge on any atom is 0.306 e. The molecule has 2 unspecified atom stereocenters. The fourth-order valence-electron chi connectivity index (χ4n) is 4.24. The van der Waals surface area contributed by atoms with Crippen LogP contribution < -0.4 is 4.90 Å². The number of benzene rings is 1. The number of carbonyl (C=O) groups is 1. The summed E-state index contributed by atoms with van der Waals surface area (Å²) in [6.45, 7) is 3.68. The van der Waals surface area contributed by atoms with Crippen LogP contribution in [-0.2, 0) is 16.0 Å². The molecule has 4 rings (SSSR count). The van der Waals surface area contributed by atoms with Crippen molar-refractivity contribution in [3.8, 4) is 11.3 Å². The molecule has 164 valence electrons. The predicted octanol–water partition coefficient (Wildman–Crippen LogP) is 4.15. The van der Waals surface area contributed by atoms with E-state index >= 15 is 0 Å². The Morgan fingerprint density at radius 1 is 1.42 bits per heavy atom. The van der Waals surface area contributed by atoms with Crippen molar-refractivity contribution in [1.82, 2.24) is 9.97 Å². The number of anilines is 1. The monoisotopic (exact) mass is 427 g/mol. The molecule has 2 aromatic heterocycles. The molecule has 1 aromatic carbocycles. The third kappa shape index (κ3) is 4.39. The van der Waals surface area contributed by atoms with Crippen LogP contribution in [0.25, 0.3) is 22.2 Å². The number of aliphatic carboxylic acids is 1. The quantitative estimate of drug-likeness (QED) is 0.567. The van der Waals surface area contributed by atoms with Crippen molar-refractivity contribution in [1.29, 1.82) is 0 Å². The van der Waals surface area contributed by atoms with Crippen LogP contribution >= 0.6 is 0 Å². The van der Waals surface area contributed by atoms with Gasteiger partial charge in [-0.3, -0.25) is 9.78 Å². The molecule has 0 saturated carbocycles. The first-order valence-corrected chi connectivity index (χ1v) is 10.5. The third-order valence-corrected chi connectivity index (χ3v) is 5.89. The smallest absolute Gasteiger partial charge is 0.306 e. The highest BCUT2D eigenvalue weighted by atomic mass is 19.1. The van der Waals surface area contributed by atoms with Gasteiger partial charge in [0.25, 0.3) is 0 Å². The molecule has 1 aliphatic rings. The van der Waals surface area contributed by atoms with E-state index in [1.165, 1.54) is 12.3 Å². The summed E-state index contributed by atoms with van der Waals surface area (Å²) in [7, 11) is 1.66. The molecular formula is C23H26FN3O4. The highest BCUT2D eigenvalue weighted by Crippen LogP contribution is 2.35. The van der Waals surface area contributed by atoms with E-state index in [-0.39, 0.29) is 17.4 Å². The molecule has 0 radical (unpaired) electrons. The summed E-state index contributed by atoms with van der Waals surface area (Å²) in [4.78, 5) is 23.1. The number of aromatic nitrogens is 2. The second-order valence-electron chi connectivity index (χ2n) is 8.08. The van der Waals surface area contributed by atoms with Gasteiger partial charge in [-0.15, -0.1) is 0 Å². The first-order valence-electron chi connectivity index (χ1n) is 10.5. The number of methoxy groups -OCH3 is 1. The summed E-state index contributed by atoms with van der Waals surface area (Å²) in [5.74, 6) is -0.970. The molecule has 8 heteroatoms. The number of rotatable bonds is 7. The minimum atomic E-state index is -0.765. The van der Waals surface area contributed by atoms with Crippen LogP contribution in [0.15, 0.2) is 35.1 Å². The van der Waals surface area contributed by atoms with Gasteiger partial charge in [0.2, 0.25) is 0 Å². The first kappa shape index (κ1) is 21.2. The molecule has 0 amide bonds. The molecule has 0 aliphatic carbocycles. The van der Waals surface area contributed by atoms with E-state index in [2.05, 4.69) is 9.88 Å². The SMILES string of the molecule is COCCCc1cnc(-c2cc(F)c3occc3c2)c(N2CCC(C(=O)O)C(C)C2)n1. The Morgan fingerprint density at radius 2 is 2.26 bits per heavy atom. The summed E-state index contributed by atoms with van der Waals surface area (Å²) in [6, 6.07) is 4.97. The number of hydrogen-bond acceptors (Lipinski definition) is 6. The lowest BCUT2D eigenvalue weighted by atomic mass is 9.87. The predicted molar refractivity (Wildman–Crippen MR) is 115 cm³/mol. The minimum absolute atomic E-state index is 0.0360. The van der Waals surface area contributed by atoms with Gasteiger partial charge >= 0.3 is 5.97 Å². The molecule has 2 atom stereocenters. The van der Waals surface area contributed by atoms with Crippen molar-refractivity contribution < 1.29 is 23.4 Å². The number of ether oxygens (including phenoxy) is 1. The zero-order valence-electron chi connectivity index (χ0n) is 17.7. The Balaban J connectivity index is 1.73. The van der Waals surface area contributed by atoms with Gasteiger partial charge in [-0.1, -0.05) is 6.92 Å². The van der Waals surface area contributed by atoms with E-state index in [1.54, 1.807) is 19.4 Å². The van der Waals surface area contributed by atoms with Crippen LogP contribution in [0.4, 0.5) is 10.2 Å². The number of hydrogen-bond donors (Lipinski definition) is 1. The van der Waals surface area contributed by atoms with Gasteiger partial charge in [0, 0.05) is 44.0 Å². The van der Waals surface area contributed by atoms with Crippen LogP contribution in [0.2, 0.25) is 0 Å². The average Bonchev–Trinajstić information content (AvgIpc) is 3.23. The van der Waals surface area contributed by atoms with Crippen molar-refractivity contribution in [2.75, 3.05) is 31.7 Å². The molecule has 0 spiro atoms. The fourth-order valence-corrected chi connectivity index (χ4v) is 4.24. The molecule has 7 nitrogen and oxygen atoms in total. The number of nitrogens with zero attached hydrogens (tertiary/aromatic N) is 3. The first-order chi connectivity index (χ1) is 15.0. The number of fused-ring (bicyclic) bond motifs is 1. The Morgan fingerprint density at radius 3 is 3.00 bits per heavy atom. The molecule has 1 fully saturated rings. The van der Waals surface area contributed by atoms with Gasteiger partial charge < -0.3 is 19.2 Å². The highest BCUT2D eigenvalue weighted by molar-refractivity contribution is 5.85. The Hall–Kier alpha value is -3.00. The van der Waals surface area contributed by atoms with Crippen LogP contribution in [0.3, 0.4) is 0 Å². The Kier molecular flexibility index (Phi) is 6.18. The maximum absolute atomic E-state index is 14.6. The Labute approximate surface area is 179 Å². The normalized spacial score (nSPS) is 19.1. The van der Waals surface area contributed by atoms with Crippen molar-refractivity contribution in [3.05, 3.63) is 42.2 Å². The van der Waals surface area contributed by atoms with Gasteiger partial charge in [-0.2, -0.15) is 0 Å². The Bertz CT molecular complexity index is 1080. The van der Waals surface area contributed by atoms with Gasteiger partial charge in [0.15, 0.2) is 17.2 Å². The van der Waals surface area contributed by atoms with Crippen molar-refractivity contribution in [2.45, 2.75) is 26.2 Å². The fraction of sp³-hybridized carbons (Fsp3) is 0.435. The van der Waals surface area contributed by atoms with Crippen LogP contribution in [0.1, 0.15) is 25.5 Å². The molecule has 31 heavy (non-hydrogen) atoms. The van der Waals surface area contributed by atoms with Crippen LogP contribution in [0, 0.1) is 17.7 Å². The molecule has 3 aromatic rings. The summed E-state index contributed by atoms with van der Waals surface area (Å²) >= 11 is 0. The number of furan rings is 1. The van der Waals surface area contributed by atoms with Crippen molar-refractivity contribution in [3.63, 3.8) is 0 Å². The zero-order chi connectivity index (χ0) is 22.0. The van der Waals surface area contributed by atoms with Crippen LogP contribution in [0.5, 0.6) is 0 Å². The topological polar surface area (TPSA) is 88.7 Å². The van der Waals surface area contributed by atoms with Crippen molar-refractivity contribution in [2.24, 2.45) is 11.8 Å².